The first-order valence-electron chi connectivity index (χ1n) is 12.5. The number of carbonyl (C=O) groups is 1. The molecule has 2 aliphatic rings. The highest BCUT2D eigenvalue weighted by Gasteiger charge is 2.39. The van der Waals surface area contributed by atoms with Crippen molar-refractivity contribution in [2.45, 2.75) is 18.6 Å². The molecule has 0 amide bonds. The summed E-state index contributed by atoms with van der Waals surface area (Å²) in [5, 5.41) is -0.101. The maximum absolute atomic E-state index is 14.8. The lowest BCUT2D eigenvalue weighted by Gasteiger charge is -2.48. The van der Waals surface area contributed by atoms with Gasteiger partial charge in [-0.15, -0.1) is 0 Å². The smallest absolute Gasteiger partial charge is 0.337 e. The van der Waals surface area contributed by atoms with E-state index in [4.69, 9.17) is 11.6 Å². The number of ether oxygens (including phenoxy) is 1. The minimum Gasteiger partial charge on any atom is -0.760 e. The van der Waals surface area contributed by atoms with Gasteiger partial charge in [-0.2, -0.15) is 4.31 Å². The van der Waals surface area contributed by atoms with E-state index >= 15 is 0 Å². The molecular formula is C25H30ClF2N4O6S2-. The van der Waals surface area contributed by atoms with Gasteiger partial charge in [0.05, 0.1) is 24.0 Å². The number of carbonyl (C=O) groups excluding carboxylic acids is 1. The monoisotopic (exact) mass is 619 g/mol. The predicted octanol–water partition coefficient (Wildman–Crippen LogP) is 2.00. The van der Waals surface area contributed by atoms with Gasteiger partial charge in [0.1, 0.15) is 11.6 Å². The summed E-state index contributed by atoms with van der Waals surface area (Å²) in [5.74, 6) is -2.07. The van der Waals surface area contributed by atoms with Gasteiger partial charge in [0.2, 0.25) is 10.0 Å². The molecule has 2 aromatic rings. The quantitative estimate of drug-likeness (QED) is 0.293. The molecule has 40 heavy (non-hydrogen) atoms. The van der Waals surface area contributed by atoms with Crippen LogP contribution in [0, 0.1) is 11.6 Å². The Morgan fingerprint density at radius 1 is 1.15 bits per heavy atom. The fourth-order valence-corrected chi connectivity index (χ4v) is 6.55. The van der Waals surface area contributed by atoms with E-state index < -0.39 is 44.9 Å². The van der Waals surface area contributed by atoms with Crippen LogP contribution in [0.5, 0.6) is 0 Å². The standard InChI is InChI=1S/C25H31ClF2N4O6S2/c1-38-25(33)18-3-4-19(23(28)12-18)13-31(39(34)35)16-24(17-5-6-22(27)21(26)11-17)30-9-7-29(8-10-30)20-14-32(15-20)40(2,36)37/h3-6,11-12,20,24H,7-10,13-16H2,1-2H3,(H,34,35)/p-1. The third kappa shape index (κ3) is 7.23. The number of nitrogens with zero attached hydrogens (tertiary/aromatic N) is 4. The third-order valence-corrected chi connectivity index (χ3v) is 9.57. The van der Waals surface area contributed by atoms with Crippen molar-refractivity contribution in [3.8, 4) is 0 Å². The van der Waals surface area contributed by atoms with Gasteiger partial charge in [-0.3, -0.25) is 14.0 Å². The SMILES string of the molecule is COC(=O)c1ccc(CN(CC(c2ccc(F)c(Cl)c2)N2CCN(C3CN(S(C)(=O)=O)C3)CC2)S(=O)[O-])c(F)c1. The predicted molar refractivity (Wildman–Crippen MR) is 145 cm³/mol. The maximum atomic E-state index is 14.8. The summed E-state index contributed by atoms with van der Waals surface area (Å²) in [6.45, 7) is 2.82. The lowest BCUT2D eigenvalue weighted by Crippen LogP contribution is -2.64. The number of sulfonamides is 1. The van der Waals surface area contributed by atoms with Crippen molar-refractivity contribution in [2.24, 2.45) is 0 Å². The van der Waals surface area contributed by atoms with Crippen molar-refractivity contribution in [3.63, 3.8) is 0 Å². The van der Waals surface area contributed by atoms with Gasteiger partial charge in [0.25, 0.3) is 0 Å². The Labute approximate surface area is 239 Å². The molecule has 2 aliphatic heterocycles. The Morgan fingerprint density at radius 3 is 2.38 bits per heavy atom. The number of methoxy groups -OCH3 is 1. The Balaban J connectivity index is 1.51. The van der Waals surface area contributed by atoms with E-state index in [1.54, 1.807) is 6.07 Å². The van der Waals surface area contributed by atoms with E-state index in [-0.39, 0.29) is 35.3 Å². The van der Waals surface area contributed by atoms with Gasteiger partial charge < -0.3 is 9.29 Å². The highest BCUT2D eigenvalue weighted by atomic mass is 35.5. The van der Waals surface area contributed by atoms with Crippen LogP contribution in [-0.4, -0.2) is 107 Å². The van der Waals surface area contributed by atoms with Crippen LogP contribution in [0.25, 0.3) is 0 Å². The minimum atomic E-state index is -3.22. The number of benzene rings is 2. The largest absolute Gasteiger partial charge is 0.760 e. The summed E-state index contributed by atoms with van der Waals surface area (Å²) in [6.07, 6.45) is 1.19. The number of hydrogen-bond donors (Lipinski definition) is 0. The van der Waals surface area contributed by atoms with Gasteiger partial charge >= 0.3 is 5.97 Å². The van der Waals surface area contributed by atoms with E-state index in [1.807, 2.05) is 0 Å². The number of rotatable bonds is 10. The second-order valence-corrected chi connectivity index (χ2v) is 13.2. The first kappa shape index (κ1) is 30.9. The Morgan fingerprint density at radius 2 is 1.82 bits per heavy atom. The van der Waals surface area contributed by atoms with Crippen molar-refractivity contribution in [1.82, 2.24) is 18.4 Å². The zero-order chi connectivity index (χ0) is 29.2. The van der Waals surface area contributed by atoms with Crippen LogP contribution in [0.15, 0.2) is 36.4 Å². The molecule has 0 N–H and O–H groups in total. The van der Waals surface area contributed by atoms with Crippen LogP contribution in [0.2, 0.25) is 5.02 Å². The molecule has 15 heteroatoms. The van der Waals surface area contributed by atoms with Gasteiger partial charge in [-0.05, 0) is 29.8 Å². The van der Waals surface area contributed by atoms with E-state index in [9.17, 15) is 30.8 Å². The van der Waals surface area contributed by atoms with Crippen molar-refractivity contribution in [1.29, 1.82) is 0 Å². The van der Waals surface area contributed by atoms with Crippen LogP contribution in [0.1, 0.15) is 27.5 Å². The fraction of sp³-hybridized carbons (Fsp3) is 0.480. The number of halogens is 3. The number of hydrogen-bond acceptors (Lipinski definition) is 8. The van der Waals surface area contributed by atoms with E-state index in [0.29, 0.717) is 44.8 Å². The molecule has 2 fully saturated rings. The Kier molecular flexibility index (Phi) is 9.94. The summed E-state index contributed by atoms with van der Waals surface area (Å²) in [7, 11) is -2.05. The lowest BCUT2D eigenvalue weighted by molar-refractivity contribution is 0.0231. The topological polar surface area (TPSA) is 114 Å². The van der Waals surface area contributed by atoms with Crippen molar-refractivity contribution >= 4 is 38.9 Å². The molecule has 2 unspecified atom stereocenters. The molecule has 0 aliphatic carbocycles. The second kappa shape index (κ2) is 12.9. The summed E-state index contributed by atoms with van der Waals surface area (Å²) in [4.78, 5) is 16.0. The molecule has 2 aromatic carbocycles. The summed E-state index contributed by atoms with van der Waals surface area (Å²) in [6, 6.07) is 7.50. The Bertz CT molecular complexity index is 1370. The molecular weight excluding hydrogens is 590 g/mol. The van der Waals surface area contributed by atoms with Crippen LogP contribution >= 0.6 is 11.6 Å². The maximum Gasteiger partial charge on any atom is 0.337 e. The average molecular weight is 620 g/mol. The molecule has 0 radical (unpaired) electrons. The van der Waals surface area contributed by atoms with E-state index in [1.165, 1.54) is 41.9 Å². The van der Waals surface area contributed by atoms with Gasteiger partial charge in [-0.1, -0.05) is 23.7 Å². The lowest BCUT2D eigenvalue weighted by atomic mass is 10.0. The summed E-state index contributed by atoms with van der Waals surface area (Å²) < 4.78 is 83.8. The molecule has 0 spiro atoms. The highest BCUT2D eigenvalue weighted by molar-refractivity contribution is 7.88. The van der Waals surface area contributed by atoms with Crippen LogP contribution < -0.4 is 0 Å². The minimum absolute atomic E-state index is 0.00127. The normalized spacial score (nSPS) is 19.4. The Hall–Kier alpha value is -2.04. The second-order valence-electron chi connectivity index (χ2n) is 9.83. The fourth-order valence-electron chi connectivity index (χ4n) is 4.97. The van der Waals surface area contributed by atoms with Gasteiger partial charge in [-0.25, -0.2) is 26.3 Å². The molecule has 0 bridgehead atoms. The van der Waals surface area contributed by atoms with Crippen LogP contribution in [0.4, 0.5) is 8.78 Å². The number of piperazine rings is 1. The van der Waals surface area contributed by atoms with Gasteiger partial charge in [0, 0.05) is 81.3 Å². The number of esters is 1. The first-order valence-corrected chi connectivity index (χ1v) is 15.7. The molecule has 2 heterocycles. The van der Waals surface area contributed by atoms with Crippen LogP contribution in [0.3, 0.4) is 0 Å². The molecule has 0 saturated carbocycles. The molecule has 0 aromatic heterocycles. The zero-order valence-corrected chi connectivity index (χ0v) is 24.4. The first-order chi connectivity index (χ1) is 18.9. The van der Waals surface area contributed by atoms with Crippen molar-refractivity contribution in [3.05, 3.63) is 69.7 Å². The molecule has 220 valence electrons. The van der Waals surface area contributed by atoms with E-state index in [2.05, 4.69) is 14.5 Å². The van der Waals surface area contributed by atoms with Crippen molar-refractivity contribution in [2.75, 3.05) is 59.2 Å². The molecule has 10 nitrogen and oxygen atoms in total. The van der Waals surface area contributed by atoms with E-state index in [0.717, 1.165) is 10.4 Å². The molecule has 2 atom stereocenters. The molecule has 4 rings (SSSR count). The average Bonchev–Trinajstić information content (AvgIpc) is 2.87. The summed E-state index contributed by atoms with van der Waals surface area (Å²) in [5.41, 5.74) is 0.669. The summed E-state index contributed by atoms with van der Waals surface area (Å²) >= 11 is 3.33. The van der Waals surface area contributed by atoms with Crippen molar-refractivity contribution < 1.29 is 35.5 Å². The third-order valence-electron chi connectivity index (χ3n) is 7.34. The van der Waals surface area contributed by atoms with Gasteiger partial charge in [0.15, 0.2) is 0 Å². The zero-order valence-electron chi connectivity index (χ0n) is 22.0. The molecule has 2 saturated heterocycles. The highest BCUT2D eigenvalue weighted by Crippen LogP contribution is 2.29. The van der Waals surface area contributed by atoms with Crippen LogP contribution in [-0.2, 0) is 32.6 Å².